The Bertz CT molecular complexity index is 259. The number of nitrogens with two attached hydrogens (primary N) is 1. The summed E-state index contributed by atoms with van der Waals surface area (Å²) in [6, 6.07) is 0. The zero-order valence-corrected chi connectivity index (χ0v) is 7.79. The van der Waals surface area contributed by atoms with Gasteiger partial charge in [-0.15, -0.1) is 0 Å². The van der Waals surface area contributed by atoms with Crippen LogP contribution in [0.1, 0.15) is 6.42 Å². The Balaban J connectivity index is 2.47. The summed E-state index contributed by atoms with van der Waals surface area (Å²) in [5, 5.41) is 3.26. The van der Waals surface area contributed by atoms with Gasteiger partial charge in [0.25, 0.3) is 0 Å². The summed E-state index contributed by atoms with van der Waals surface area (Å²) in [6.45, 7) is 5.61. The summed E-state index contributed by atoms with van der Waals surface area (Å²) >= 11 is 0. The van der Waals surface area contributed by atoms with Gasteiger partial charge in [-0.2, -0.15) is 0 Å². The van der Waals surface area contributed by atoms with Crippen LogP contribution in [-0.2, 0) is 0 Å². The summed E-state index contributed by atoms with van der Waals surface area (Å²) < 4.78 is 0. The second-order valence-corrected chi connectivity index (χ2v) is 2.96. The van der Waals surface area contributed by atoms with Gasteiger partial charge in [-0.3, -0.25) is 0 Å². The van der Waals surface area contributed by atoms with Gasteiger partial charge in [0.05, 0.1) is 0 Å². The fraction of sp³-hybridized carbons (Fsp3) is 0.273. The Kier molecular flexibility index (Phi) is 4.06. The summed E-state index contributed by atoms with van der Waals surface area (Å²) in [7, 11) is 0. The fourth-order valence-corrected chi connectivity index (χ4v) is 1.14. The van der Waals surface area contributed by atoms with Crippen LogP contribution < -0.4 is 11.1 Å². The van der Waals surface area contributed by atoms with Crippen LogP contribution in [-0.4, -0.2) is 13.1 Å². The lowest BCUT2D eigenvalue weighted by Crippen LogP contribution is -2.19. The molecule has 0 saturated carbocycles. The smallest absolute Gasteiger partial charge is 0.0308 e. The van der Waals surface area contributed by atoms with Gasteiger partial charge >= 0.3 is 0 Å². The number of hydrogen-bond donors (Lipinski definition) is 2. The van der Waals surface area contributed by atoms with E-state index in [4.69, 9.17) is 5.73 Å². The van der Waals surface area contributed by atoms with Crippen molar-refractivity contribution in [3.8, 4) is 0 Å². The van der Waals surface area contributed by atoms with E-state index >= 15 is 0 Å². The first-order valence-corrected chi connectivity index (χ1v) is 4.49. The van der Waals surface area contributed by atoms with E-state index in [-0.39, 0.29) is 0 Å². The summed E-state index contributed by atoms with van der Waals surface area (Å²) in [4.78, 5) is 0. The lowest BCUT2D eigenvalue weighted by atomic mass is 10.1. The number of hydrogen-bond acceptors (Lipinski definition) is 2. The van der Waals surface area contributed by atoms with Crippen LogP contribution in [0, 0.1) is 0 Å². The molecule has 0 bridgehead atoms. The average Bonchev–Trinajstić information content (AvgIpc) is 2.19. The molecule has 1 heterocycles. The van der Waals surface area contributed by atoms with Gasteiger partial charge in [0.2, 0.25) is 0 Å². The van der Waals surface area contributed by atoms with Crippen LogP contribution in [0.3, 0.4) is 0 Å². The van der Waals surface area contributed by atoms with Gasteiger partial charge in [0.1, 0.15) is 0 Å². The second kappa shape index (κ2) is 5.38. The molecular weight excluding hydrogens is 160 g/mol. The molecule has 1 rings (SSSR count). The first kappa shape index (κ1) is 9.81. The number of allylic oxidation sites excluding steroid dienone is 4. The summed E-state index contributed by atoms with van der Waals surface area (Å²) in [5.74, 6) is 0. The van der Waals surface area contributed by atoms with Crippen molar-refractivity contribution in [2.45, 2.75) is 6.42 Å². The first-order chi connectivity index (χ1) is 6.33. The Hall–Kier alpha value is -1.28. The quantitative estimate of drug-likeness (QED) is 0.639. The van der Waals surface area contributed by atoms with Crippen molar-refractivity contribution in [2.75, 3.05) is 13.1 Å². The summed E-state index contributed by atoms with van der Waals surface area (Å²) in [6.07, 6.45) is 10.8. The molecule has 2 nitrogen and oxygen atoms in total. The van der Waals surface area contributed by atoms with E-state index < -0.39 is 0 Å². The lowest BCUT2D eigenvalue weighted by Gasteiger charge is -2.09. The van der Waals surface area contributed by atoms with Crippen LogP contribution in [0.15, 0.2) is 48.2 Å². The molecule has 1 aliphatic heterocycles. The highest BCUT2D eigenvalue weighted by atomic mass is 14.8. The molecule has 0 amide bonds. The van der Waals surface area contributed by atoms with Crippen molar-refractivity contribution >= 4 is 0 Å². The van der Waals surface area contributed by atoms with Crippen LogP contribution in [0.4, 0.5) is 0 Å². The van der Waals surface area contributed by atoms with Crippen LogP contribution in [0.25, 0.3) is 0 Å². The van der Waals surface area contributed by atoms with E-state index in [1.165, 1.54) is 5.57 Å². The molecule has 2 heteroatoms. The highest BCUT2D eigenvalue weighted by molar-refractivity contribution is 5.27. The Morgan fingerprint density at radius 2 is 2.46 bits per heavy atom. The SMILES string of the molecule is C=C/C(N)=C\C=C\C1=CCNCC1. The third-order valence-electron chi connectivity index (χ3n) is 1.93. The van der Waals surface area contributed by atoms with Crippen molar-refractivity contribution < 1.29 is 0 Å². The molecule has 3 N–H and O–H groups in total. The zero-order valence-electron chi connectivity index (χ0n) is 7.79. The van der Waals surface area contributed by atoms with Gasteiger partial charge < -0.3 is 11.1 Å². The van der Waals surface area contributed by atoms with Crippen LogP contribution in [0.2, 0.25) is 0 Å². The van der Waals surface area contributed by atoms with Crippen molar-refractivity contribution in [1.29, 1.82) is 0 Å². The maximum Gasteiger partial charge on any atom is 0.0308 e. The van der Waals surface area contributed by atoms with E-state index in [9.17, 15) is 0 Å². The Morgan fingerprint density at radius 1 is 1.62 bits per heavy atom. The molecule has 0 aromatic heterocycles. The first-order valence-electron chi connectivity index (χ1n) is 4.49. The lowest BCUT2D eigenvalue weighted by molar-refractivity contribution is 0.713. The normalized spacial score (nSPS) is 18.8. The van der Waals surface area contributed by atoms with Crippen LogP contribution in [0.5, 0.6) is 0 Å². The number of rotatable bonds is 3. The van der Waals surface area contributed by atoms with Gasteiger partial charge in [-0.05, 0) is 30.7 Å². The average molecular weight is 176 g/mol. The van der Waals surface area contributed by atoms with Gasteiger partial charge in [0, 0.05) is 12.2 Å². The van der Waals surface area contributed by atoms with Gasteiger partial charge in [0.15, 0.2) is 0 Å². The van der Waals surface area contributed by atoms with E-state index in [1.807, 2.05) is 12.2 Å². The highest BCUT2D eigenvalue weighted by Gasteiger charge is 1.97. The third kappa shape index (κ3) is 3.76. The molecule has 0 radical (unpaired) electrons. The third-order valence-corrected chi connectivity index (χ3v) is 1.93. The molecule has 0 aliphatic carbocycles. The maximum absolute atomic E-state index is 5.55. The highest BCUT2D eigenvalue weighted by Crippen LogP contribution is 2.05. The number of nitrogens with one attached hydrogen (secondary N) is 1. The van der Waals surface area contributed by atoms with Crippen molar-refractivity contribution in [3.05, 3.63) is 48.2 Å². The minimum Gasteiger partial charge on any atom is -0.399 e. The van der Waals surface area contributed by atoms with Gasteiger partial charge in [-0.1, -0.05) is 24.8 Å². The predicted octanol–water partition coefficient (Wildman–Crippen LogP) is 1.49. The van der Waals surface area contributed by atoms with Gasteiger partial charge in [-0.25, -0.2) is 0 Å². The van der Waals surface area contributed by atoms with Crippen molar-refractivity contribution in [1.82, 2.24) is 5.32 Å². The minimum absolute atomic E-state index is 0.700. The van der Waals surface area contributed by atoms with E-state index in [2.05, 4.69) is 24.0 Å². The molecule has 0 fully saturated rings. The predicted molar refractivity (Wildman–Crippen MR) is 57.2 cm³/mol. The zero-order chi connectivity index (χ0) is 9.52. The summed E-state index contributed by atoms with van der Waals surface area (Å²) in [5.41, 5.74) is 7.62. The standard InChI is InChI=1S/C11H16N2/c1-2-11(12)5-3-4-10-6-8-13-9-7-10/h2-6,13H,1,7-9,12H2/b4-3+,11-5+. The molecule has 70 valence electrons. The molecule has 0 aromatic carbocycles. The molecule has 0 unspecified atom stereocenters. The van der Waals surface area contributed by atoms with Crippen molar-refractivity contribution in [3.63, 3.8) is 0 Å². The molecule has 13 heavy (non-hydrogen) atoms. The molecule has 0 atom stereocenters. The topological polar surface area (TPSA) is 38.0 Å². The molecule has 1 aliphatic rings. The molecule has 0 spiro atoms. The Labute approximate surface area is 79.5 Å². The molecule has 0 aromatic rings. The minimum atomic E-state index is 0.700. The van der Waals surface area contributed by atoms with Crippen LogP contribution >= 0.6 is 0 Å². The molecule has 0 saturated heterocycles. The van der Waals surface area contributed by atoms with Crippen molar-refractivity contribution in [2.24, 2.45) is 5.73 Å². The monoisotopic (exact) mass is 176 g/mol. The van der Waals surface area contributed by atoms with E-state index in [1.54, 1.807) is 6.08 Å². The maximum atomic E-state index is 5.55. The van der Waals surface area contributed by atoms with E-state index in [0.29, 0.717) is 5.70 Å². The molecular formula is C11H16N2. The second-order valence-electron chi connectivity index (χ2n) is 2.96. The Morgan fingerprint density at radius 3 is 3.08 bits per heavy atom. The largest absolute Gasteiger partial charge is 0.399 e. The fourth-order valence-electron chi connectivity index (χ4n) is 1.14. The van der Waals surface area contributed by atoms with E-state index in [0.717, 1.165) is 19.5 Å².